The summed E-state index contributed by atoms with van der Waals surface area (Å²) in [7, 11) is 1.84. The molecule has 1 fully saturated rings. The van der Waals surface area contributed by atoms with E-state index in [4.69, 9.17) is 16.4 Å². The second-order valence-corrected chi connectivity index (χ2v) is 8.51. The van der Waals surface area contributed by atoms with Crippen molar-refractivity contribution in [1.29, 1.82) is 0 Å². The number of nitrogens with one attached hydrogen (secondary N) is 1. The lowest BCUT2D eigenvalue weighted by Gasteiger charge is -2.34. The molecular weight excluding hydrogens is 487 g/mol. The number of hydrogen-bond donors (Lipinski definition) is 2. The van der Waals surface area contributed by atoms with Gasteiger partial charge in [0.15, 0.2) is 0 Å². The molecule has 0 aliphatic carbocycles. The Kier molecular flexibility index (Phi) is 8.11. The zero-order chi connectivity index (χ0) is 26.5. The quantitative estimate of drug-likeness (QED) is 0.439. The van der Waals surface area contributed by atoms with Gasteiger partial charge in [0.1, 0.15) is 18.2 Å². The first-order valence-corrected chi connectivity index (χ1v) is 11.8. The van der Waals surface area contributed by atoms with Gasteiger partial charge < -0.3 is 20.1 Å². The molecule has 1 aromatic heterocycles. The summed E-state index contributed by atoms with van der Waals surface area (Å²) in [5.74, 6) is -0.578. The number of rotatable bonds is 8. The van der Waals surface area contributed by atoms with Crippen LogP contribution < -0.4 is 20.5 Å². The Bertz CT molecular complexity index is 1350. The summed E-state index contributed by atoms with van der Waals surface area (Å²) in [5, 5.41) is 12.1. The van der Waals surface area contributed by atoms with Crippen LogP contribution in [0.1, 0.15) is 19.4 Å². The van der Waals surface area contributed by atoms with E-state index >= 15 is 0 Å². The van der Waals surface area contributed by atoms with Crippen LogP contribution in [-0.4, -0.2) is 54.1 Å². The van der Waals surface area contributed by atoms with Crippen LogP contribution in [0.4, 0.5) is 24.8 Å². The van der Waals surface area contributed by atoms with Gasteiger partial charge in [-0.1, -0.05) is 24.3 Å². The van der Waals surface area contributed by atoms with Gasteiger partial charge in [0, 0.05) is 24.7 Å². The minimum absolute atomic E-state index is 0.0343. The molecule has 11 heteroatoms. The van der Waals surface area contributed by atoms with E-state index in [1.807, 2.05) is 7.05 Å². The number of benzene rings is 2. The molecule has 2 heterocycles. The lowest BCUT2D eigenvalue weighted by atomic mass is 9.99. The molecular formula is C26H26F3N5O3. The minimum Gasteiger partial charge on any atom is -0.491 e. The highest BCUT2D eigenvalue weighted by molar-refractivity contribution is 5.82. The third-order valence-corrected chi connectivity index (χ3v) is 6.32. The van der Waals surface area contributed by atoms with Gasteiger partial charge in [-0.2, -0.15) is 8.78 Å². The summed E-state index contributed by atoms with van der Waals surface area (Å²) >= 11 is 0. The molecule has 0 unspecified atom stereocenters. The van der Waals surface area contributed by atoms with E-state index in [0.29, 0.717) is 36.2 Å². The van der Waals surface area contributed by atoms with Gasteiger partial charge in [-0.15, -0.1) is 0 Å². The van der Waals surface area contributed by atoms with Crippen LogP contribution in [0, 0.1) is 12.4 Å². The number of hydrogen-bond acceptors (Lipinski definition) is 6. The van der Waals surface area contributed by atoms with E-state index < -0.39 is 17.9 Å². The number of aromatic nitrogens is 2. The number of nitrogens with zero attached hydrogens (tertiary/aromatic N) is 4. The van der Waals surface area contributed by atoms with Crippen molar-refractivity contribution in [2.24, 2.45) is 0 Å². The zero-order valence-electron chi connectivity index (χ0n) is 20.1. The SMILES string of the molecule is [C-]#[N+]c1ccc(-c2nc(N3CCC(NC)CC3)n(C(F)F)c(=O)c2-c2ccc(OCCO)cc2)cc1F. The van der Waals surface area contributed by atoms with Gasteiger partial charge >= 0.3 is 6.55 Å². The molecule has 194 valence electrons. The fraction of sp³-hybridized carbons (Fsp3) is 0.346. The first-order valence-electron chi connectivity index (χ1n) is 11.8. The van der Waals surface area contributed by atoms with Crippen LogP contribution in [-0.2, 0) is 0 Å². The van der Waals surface area contributed by atoms with E-state index in [1.165, 1.54) is 24.3 Å². The predicted molar refractivity (Wildman–Crippen MR) is 134 cm³/mol. The highest BCUT2D eigenvalue weighted by atomic mass is 19.3. The highest BCUT2D eigenvalue weighted by Crippen LogP contribution is 2.34. The Hall–Kier alpha value is -3.88. The lowest BCUT2D eigenvalue weighted by molar-refractivity contribution is 0.0667. The van der Waals surface area contributed by atoms with Crippen molar-refractivity contribution in [1.82, 2.24) is 14.9 Å². The first-order chi connectivity index (χ1) is 17.9. The third-order valence-electron chi connectivity index (χ3n) is 6.32. The summed E-state index contributed by atoms with van der Waals surface area (Å²) in [5.41, 5.74) is -0.793. The van der Waals surface area contributed by atoms with Crippen molar-refractivity contribution in [3.05, 3.63) is 70.1 Å². The van der Waals surface area contributed by atoms with E-state index in [2.05, 4.69) is 15.1 Å². The van der Waals surface area contributed by atoms with Crippen molar-refractivity contribution >= 4 is 11.6 Å². The van der Waals surface area contributed by atoms with Crippen molar-refractivity contribution in [2.45, 2.75) is 25.4 Å². The van der Waals surface area contributed by atoms with Crippen molar-refractivity contribution in [3.8, 4) is 28.1 Å². The lowest BCUT2D eigenvalue weighted by Crippen LogP contribution is -2.44. The molecule has 0 bridgehead atoms. The van der Waals surface area contributed by atoms with Crippen LogP contribution in [0.15, 0.2) is 47.3 Å². The first kappa shape index (κ1) is 26.2. The number of anilines is 1. The van der Waals surface area contributed by atoms with Gasteiger partial charge in [0.05, 0.1) is 24.4 Å². The second-order valence-electron chi connectivity index (χ2n) is 8.51. The second kappa shape index (κ2) is 11.5. The maximum Gasteiger partial charge on any atom is 0.324 e. The Balaban J connectivity index is 1.92. The summed E-state index contributed by atoms with van der Waals surface area (Å²) in [4.78, 5) is 22.9. The zero-order valence-corrected chi connectivity index (χ0v) is 20.1. The van der Waals surface area contributed by atoms with E-state index in [0.717, 1.165) is 6.07 Å². The van der Waals surface area contributed by atoms with Gasteiger partial charge in [-0.05, 0) is 43.7 Å². The normalized spacial score (nSPS) is 14.1. The number of ether oxygens (including phenoxy) is 1. The Morgan fingerprint density at radius 2 is 1.86 bits per heavy atom. The minimum atomic E-state index is -3.15. The summed E-state index contributed by atoms with van der Waals surface area (Å²) in [6, 6.07) is 10.2. The van der Waals surface area contributed by atoms with Crippen molar-refractivity contribution in [3.63, 3.8) is 0 Å². The topological polar surface area (TPSA) is 84.0 Å². The van der Waals surface area contributed by atoms with Gasteiger partial charge in [0.2, 0.25) is 11.6 Å². The van der Waals surface area contributed by atoms with Crippen LogP contribution in [0.3, 0.4) is 0 Å². The van der Waals surface area contributed by atoms with Crippen LogP contribution in [0.25, 0.3) is 27.2 Å². The van der Waals surface area contributed by atoms with Crippen LogP contribution in [0.5, 0.6) is 5.75 Å². The monoisotopic (exact) mass is 513 g/mol. The summed E-state index contributed by atoms with van der Waals surface area (Å²) in [6.45, 7) is 4.65. The molecule has 1 aliphatic rings. The smallest absolute Gasteiger partial charge is 0.324 e. The Morgan fingerprint density at radius 3 is 2.43 bits per heavy atom. The molecule has 0 amide bonds. The average molecular weight is 514 g/mol. The standard InChI is InChI=1S/C26H26F3N5O3/c1-30-18-9-11-33(12-10-18)26-32-23(17-5-8-21(31-2)20(27)15-17)22(24(36)34(26)25(28)29)16-3-6-19(7-4-16)37-14-13-35/h3-8,15,18,25,30,35H,9-14H2,1H3. The average Bonchev–Trinajstić information content (AvgIpc) is 2.91. The summed E-state index contributed by atoms with van der Waals surface area (Å²) < 4.78 is 49.0. The molecule has 0 spiro atoms. The Morgan fingerprint density at radius 1 is 1.19 bits per heavy atom. The predicted octanol–water partition coefficient (Wildman–Crippen LogP) is 4.22. The molecule has 1 aliphatic heterocycles. The Labute approximate surface area is 211 Å². The molecule has 37 heavy (non-hydrogen) atoms. The maximum absolute atomic E-state index is 14.6. The molecule has 0 saturated carbocycles. The molecule has 4 rings (SSSR count). The number of aliphatic hydroxyl groups excluding tert-OH is 1. The molecule has 2 aromatic carbocycles. The third kappa shape index (κ3) is 5.45. The van der Waals surface area contributed by atoms with Crippen LogP contribution in [0.2, 0.25) is 0 Å². The molecule has 0 radical (unpaired) electrons. The fourth-order valence-electron chi connectivity index (χ4n) is 4.38. The summed E-state index contributed by atoms with van der Waals surface area (Å²) in [6.07, 6.45) is 1.35. The van der Waals surface area contributed by atoms with E-state index in [1.54, 1.807) is 17.0 Å². The van der Waals surface area contributed by atoms with Crippen molar-refractivity contribution < 1.29 is 23.0 Å². The van der Waals surface area contributed by atoms with Crippen LogP contribution >= 0.6 is 0 Å². The fourth-order valence-corrected chi connectivity index (χ4v) is 4.38. The number of aliphatic hydroxyl groups is 1. The molecule has 0 atom stereocenters. The van der Waals surface area contributed by atoms with E-state index in [-0.39, 0.29) is 53.3 Å². The highest BCUT2D eigenvalue weighted by Gasteiger charge is 2.29. The van der Waals surface area contributed by atoms with Gasteiger partial charge in [-0.3, -0.25) is 4.79 Å². The van der Waals surface area contributed by atoms with E-state index in [9.17, 15) is 18.0 Å². The number of halogens is 3. The molecule has 8 nitrogen and oxygen atoms in total. The molecule has 3 aromatic rings. The molecule has 1 saturated heterocycles. The maximum atomic E-state index is 14.6. The van der Waals surface area contributed by atoms with Gasteiger partial charge in [0.25, 0.3) is 5.56 Å². The van der Waals surface area contributed by atoms with Crippen molar-refractivity contribution in [2.75, 3.05) is 38.3 Å². The number of piperidine rings is 1. The number of alkyl halides is 2. The largest absolute Gasteiger partial charge is 0.491 e. The van der Waals surface area contributed by atoms with Gasteiger partial charge in [-0.25, -0.2) is 18.8 Å². The molecule has 2 N–H and O–H groups in total.